The topological polar surface area (TPSA) is 41.1 Å². The van der Waals surface area contributed by atoms with Crippen molar-refractivity contribution in [2.24, 2.45) is 5.41 Å². The summed E-state index contributed by atoms with van der Waals surface area (Å²) in [4.78, 5) is 14.2. The van der Waals surface area contributed by atoms with Gasteiger partial charge >= 0.3 is 0 Å². The fourth-order valence-corrected chi connectivity index (χ4v) is 5.03. The van der Waals surface area contributed by atoms with E-state index in [2.05, 4.69) is 50.5 Å². The first-order valence-corrected chi connectivity index (χ1v) is 10.1. The highest BCUT2D eigenvalue weighted by molar-refractivity contribution is 7.16. The quantitative estimate of drug-likeness (QED) is 0.609. The second kappa shape index (κ2) is 6.14. The summed E-state index contributed by atoms with van der Waals surface area (Å²) in [6.45, 7) is 8.55. The molecular formula is C21H23ClN2OS. The van der Waals surface area contributed by atoms with Crippen molar-refractivity contribution >= 4 is 40.1 Å². The van der Waals surface area contributed by atoms with Crippen molar-refractivity contribution in [3.8, 4) is 0 Å². The Labute approximate surface area is 163 Å². The molecule has 26 heavy (non-hydrogen) atoms. The van der Waals surface area contributed by atoms with Gasteiger partial charge < -0.3 is 10.6 Å². The lowest BCUT2D eigenvalue weighted by molar-refractivity contribution is -0.118. The fourth-order valence-electron chi connectivity index (χ4n) is 3.91. The van der Waals surface area contributed by atoms with Gasteiger partial charge in [-0.25, -0.2) is 0 Å². The normalized spacial score (nSPS) is 21.4. The van der Waals surface area contributed by atoms with E-state index in [9.17, 15) is 4.79 Å². The largest absolute Gasteiger partial charge is 0.372 e. The molecule has 0 radical (unpaired) electrons. The standard InChI is InChI=1S/C21H23ClN2OS/c1-11-7-13-14(8-12(11)2)24-20(17-5-6-18(22)26-17)19-15(23-13)9-21(3,4)10-16(19)25/h5-8,20,23-24H,9-10H2,1-4H3. The first-order valence-electron chi connectivity index (χ1n) is 8.90. The molecule has 1 atom stereocenters. The fraction of sp³-hybridized carbons (Fsp3) is 0.381. The van der Waals surface area contributed by atoms with Crippen molar-refractivity contribution in [3.05, 3.63) is 55.9 Å². The number of benzene rings is 1. The van der Waals surface area contributed by atoms with Crippen LogP contribution in [-0.4, -0.2) is 5.78 Å². The Morgan fingerprint density at radius 1 is 1.12 bits per heavy atom. The van der Waals surface area contributed by atoms with Gasteiger partial charge in [-0.2, -0.15) is 0 Å². The maximum absolute atomic E-state index is 13.1. The molecule has 0 saturated heterocycles. The molecule has 3 nitrogen and oxygen atoms in total. The van der Waals surface area contributed by atoms with E-state index in [1.54, 1.807) is 0 Å². The summed E-state index contributed by atoms with van der Waals surface area (Å²) in [6, 6.07) is 8.09. The summed E-state index contributed by atoms with van der Waals surface area (Å²) < 4.78 is 0.741. The van der Waals surface area contributed by atoms with Gasteiger partial charge in [-0.15, -0.1) is 11.3 Å². The molecular weight excluding hydrogens is 364 g/mol. The number of thiophene rings is 1. The summed E-state index contributed by atoms with van der Waals surface area (Å²) in [6.07, 6.45) is 1.43. The monoisotopic (exact) mass is 386 g/mol. The number of ketones is 1. The second-order valence-electron chi connectivity index (χ2n) is 8.16. The molecule has 4 rings (SSSR count). The molecule has 1 unspecified atom stereocenters. The lowest BCUT2D eigenvalue weighted by atomic mass is 9.74. The van der Waals surface area contributed by atoms with E-state index < -0.39 is 0 Å². The second-order valence-corrected chi connectivity index (χ2v) is 9.91. The summed E-state index contributed by atoms with van der Waals surface area (Å²) in [7, 11) is 0. The SMILES string of the molecule is Cc1cc2c(cc1C)NC(c1ccc(Cl)s1)C1=C(CC(C)(C)CC1=O)N2. The van der Waals surface area contributed by atoms with Crippen molar-refractivity contribution < 1.29 is 4.79 Å². The minimum Gasteiger partial charge on any atom is -0.372 e. The number of carbonyl (C=O) groups is 1. The number of rotatable bonds is 1. The molecule has 1 aliphatic heterocycles. The third-order valence-corrected chi connectivity index (χ3v) is 6.60. The Morgan fingerprint density at radius 3 is 2.46 bits per heavy atom. The first kappa shape index (κ1) is 17.6. The summed E-state index contributed by atoms with van der Waals surface area (Å²) in [5.41, 5.74) is 6.39. The number of nitrogens with one attached hydrogen (secondary N) is 2. The lowest BCUT2D eigenvalue weighted by Gasteiger charge is -2.33. The maximum atomic E-state index is 13.1. The van der Waals surface area contributed by atoms with Crippen molar-refractivity contribution in [3.63, 3.8) is 0 Å². The molecule has 2 aliphatic rings. The van der Waals surface area contributed by atoms with Gasteiger partial charge in [0.05, 0.1) is 21.8 Å². The Kier molecular flexibility index (Phi) is 4.16. The van der Waals surface area contributed by atoms with E-state index in [0.717, 1.165) is 38.3 Å². The smallest absolute Gasteiger partial charge is 0.163 e. The number of fused-ring (bicyclic) bond motifs is 1. The van der Waals surface area contributed by atoms with E-state index in [0.29, 0.717) is 6.42 Å². The number of hydrogen-bond acceptors (Lipinski definition) is 4. The Balaban J connectivity index is 1.90. The van der Waals surface area contributed by atoms with Crippen molar-refractivity contribution in [2.75, 3.05) is 10.6 Å². The van der Waals surface area contributed by atoms with Crippen LogP contribution in [0.4, 0.5) is 11.4 Å². The van der Waals surface area contributed by atoms with Crippen LogP contribution in [0.15, 0.2) is 35.5 Å². The zero-order valence-electron chi connectivity index (χ0n) is 15.5. The zero-order valence-corrected chi connectivity index (χ0v) is 17.1. The highest BCUT2D eigenvalue weighted by Gasteiger charge is 2.39. The predicted octanol–water partition coefficient (Wildman–Crippen LogP) is 6.24. The molecule has 0 fully saturated rings. The molecule has 136 valence electrons. The van der Waals surface area contributed by atoms with Gasteiger partial charge in [0.1, 0.15) is 0 Å². The van der Waals surface area contributed by atoms with Crippen LogP contribution < -0.4 is 10.6 Å². The Morgan fingerprint density at radius 2 is 1.81 bits per heavy atom. The first-order chi connectivity index (χ1) is 12.2. The number of carbonyl (C=O) groups excluding carboxylic acids is 1. The molecule has 2 aromatic rings. The van der Waals surface area contributed by atoms with Gasteiger partial charge in [-0.1, -0.05) is 25.4 Å². The Bertz CT molecular complexity index is 941. The average Bonchev–Trinajstić information content (AvgIpc) is 2.89. The lowest BCUT2D eigenvalue weighted by Crippen LogP contribution is -2.31. The molecule has 1 aliphatic carbocycles. The number of hydrogen-bond donors (Lipinski definition) is 2. The van der Waals surface area contributed by atoms with E-state index >= 15 is 0 Å². The zero-order chi connectivity index (χ0) is 18.6. The van der Waals surface area contributed by atoms with Crippen molar-refractivity contribution in [1.29, 1.82) is 0 Å². The van der Waals surface area contributed by atoms with E-state index in [1.807, 2.05) is 12.1 Å². The predicted molar refractivity (Wildman–Crippen MR) is 110 cm³/mol. The molecule has 2 N–H and O–H groups in total. The van der Waals surface area contributed by atoms with Crippen LogP contribution in [0.25, 0.3) is 0 Å². The summed E-state index contributed by atoms with van der Waals surface area (Å²) in [5.74, 6) is 0.215. The van der Waals surface area contributed by atoms with Crippen molar-refractivity contribution in [1.82, 2.24) is 0 Å². The summed E-state index contributed by atoms with van der Waals surface area (Å²) >= 11 is 7.73. The van der Waals surface area contributed by atoms with Gasteiger partial charge in [-0.3, -0.25) is 4.79 Å². The molecule has 2 heterocycles. The van der Waals surface area contributed by atoms with Crippen LogP contribution in [0.2, 0.25) is 4.34 Å². The van der Waals surface area contributed by atoms with E-state index in [1.165, 1.54) is 22.5 Å². The number of anilines is 2. The van der Waals surface area contributed by atoms with Gasteiger partial charge in [0.25, 0.3) is 0 Å². The van der Waals surface area contributed by atoms with Gasteiger partial charge in [0.15, 0.2) is 5.78 Å². The van der Waals surface area contributed by atoms with Gasteiger partial charge in [0, 0.05) is 22.6 Å². The molecule has 0 spiro atoms. The van der Waals surface area contributed by atoms with Gasteiger partial charge in [-0.05, 0) is 61.1 Å². The maximum Gasteiger partial charge on any atom is 0.163 e. The molecule has 1 aromatic carbocycles. The van der Waals surface area contributed by atoms with Crippen LogP contribution in [0, 0.1) is 19.3 Å². The third-order valence-electron chi connectivity index (χ3n) is 5.31. The minimum absolute atomic E-state index is 0.0369. The van der Waals surface area contributed by atoms with Crippen molar-refractivity contribution in [2.45, 2.75) is 46.6 Å². The third kappa shape index (κ3) is 3.06. The highest BCUT2D eigenvalue weighted by atomic mass is 35.5. The summed E-state index contributed by atoms with van der Waals surface area (Å²) in [5, 5.41) is 7.21. The molecule has 0 amide bonds. The van der Waals surface area contributed by atoms with Crippen LogP contribution in [0.5, 0.6) is 0 Å². The average molecular weight is 387 g/mol. The van der Waals surface area contributed by atoms with Gasteiger partial charge in [0.2, 0.25) is 0 Å². The van der Waals surface area contributed by atoms with Crippen LogP contribution >= 0.6 is 22.9 Å². The number of Topliss-reactive ketones (excluding diaryl/α,β-unsaturated/α-hetero) is 1. The van der Waals surface area contributed by atoms with Crippen LogP contribution in [0.3, 0.4) is 0 Å². The van der Waals surface area contributed by atoms with E-state index in [4.69, 9.17) is 11.6 Å². The number of allylic oxidation sites excluding steroid dienone is 1. The molecule has 1 aromatic heterocycles. The number of halogens is 1. The molecule has 5 heteroatoms. The van der Waals surface area contributed by atoms with Crippen LogP contribution in [-0.2, 0) is 4.79 Å². The minimum atomic E-state index is -0.165. The highest BCUT2D eigenvalue weighted by Crippen LogP contribution is 2.47. The van der Waals surface area contributed by atoms with Crippen LogP contribution in [0.1, 0.15) is 48.7 Å². The molecule has 0 saturated carbocycles. The Hall–Kier alpha value is -1.78. The molecule has 0 bridgehead atoms. The van der Waals surface area contributed by atoms with E-state index in [-0.39, 0.29) is 17.2 Å². The number of aryl methyl sites for hydroxylation is 2.